The van der Waals surface area contributed by atoms with Crippen LogP contribution in [0.3, 0.4) is 0 Å². The fraction of sp³-hybridized carbons (Fsp3) is 0.400. The van der Waals surface area contributed by atoms with Gasteiger partial charge in [-0.1, -0.05) is 38.1 Å². The number of carbonyl (C=O) groups excluding carboxylic acids is 1. The largest absolute Gasteiger partial charge is 0.390 e. The predicted molar refractivity (Wildman–Crippen MR) is 99.3 cm³/mol. The Balaban J connectivity index is 0.00000109. The number of amides is 1. The van der Waals surface area contributed by atoms with E-state index in [2.05, 4.69) is 33.4 Å². The molecule has 2 heterocycles. The van der Waals surface area contributed by atoms with Gasteiger partial charge in [0.1, 0.15) is 0 Å². The molecule has 1 aliphatic rings. The lowest BCUT2D eigenvalue weighted by Crippen LogP contribution is -2.42. The van der Waals surface area contributed by atoms with Gasteiger partial charge in [0.15, 0.2) is 0 Å². The van der Waals surface area contributed by atoms with Gasteiger partial charge in [0, 0.05) is 44.1 Å². The van der Waals surface area contributed by atoms with Crippen molar-refractivity contribution >= 4 is 5.91 Å². The second kappa shape index (κ2) is 9.91. The summed E-state index contributed by atoms with van der Waals surface area (Å²) in [5.74, 6) is -0.185. The summed E-state index contributed by atoms with van der Waals surface area (Å²) in [5, 5.41) is 12.9. The van der Waals surface area contributed by atoms with E-state index in [-0.39, 0.29) is 12.5 Å². The van der Waals surface area contributed by atoms with E-state index in [1.54, 1.807) is 24.5 Å². The minimum atomic E-state index is -0.578. The Morgan fingerprint density at radius 3 is 2.60 bits per heavy atom. The number of aromatic nitrogens is 1. The van der Waals surface area contributed by atoms with Gasteiger partial charge in [-0.05, 0) is 29.7 Å². The molecule has 3 rings (SSSR count). The maximum Gasteiger partial charge on any atom is 0.251 e. The molecular formula is C20H27N3O2. The first kappa shape index (κ1) is 19.1. The van der Waals surface area contributed by atoms with E-state index in [0.29, 0.717) is 12.1 Å². The zero-order chi connectivity index (χ0) is 18.1. The molecule has 0 fully saturated rings. The third-order valence-corrected chi connectivity index (χ3v) is 4.12. The number of benzene rings is 1. The van der Waals surface area contributed by atoms with E-state index in [1.807, 2.05) is 19.9 Å². The topological polar surface area (TPSA) is 65.5 Å². The molecule has 0 saturated heterocycles. The number of nitrogens with zero attached hydrogens (tertiary/aromatic N) is 2. The standard InChI is InChI=1S/C18H21N3O2.C2H6/c22-17(11-20-18(23)15-5-8-19-9-6-15)13-21-10-7-14-3-1-2-4-16(14)12-21;1-2/h1-6,8-9,17,22H,7,10-13H2,(H,20,23);1-2H3/t17-;/m1./s1. The summed E-state index contributed by atoms with van der Waals surface area (Å²) >= 11 is 0. The van der Waals surface area contributed by atoms with Crippen LogP contribution in [0.4, 0.5) is 0 Å². The number of rotatable bonds is 5. The van der Waals surface area contributed by atoms with E-state index in [9.17, 15) is 9.90 Å². The molecule has 25 heavy (non-hydrogen) atoms. The number of fused-ring (bicyclic) bond motifs is 1. The normalized spacial score (nSPS) is 14.7. The van der Waals surface area contributed by atoms with Gasteiger partial charge in [-0.2, -0.15) is 0 Å². The van der Waals surface area contributed by atoms with Crippen LogP contribution < -0.4 is 5.32 Å². The first-order valence-corrected chi connectivity index (χ1v) is 8.88. The molecule has 0 spiro atoms. The number of pyridine rings is 1. The number of hydrogen-bond acceptors (Lipinski definition) is 4. The molecule has 0 saturated carbocycles. The molecule has 1 aromatic carbocycles. The molecule has 0 unspecified atom stereocenters. The lowest BCUT2D eigenvalue weighted by atomic mass is 10.00. The van der Waals surface area contributed by atoms with Crippen LogP contribution in [0.25, 0.3) is 0 Å². The van der Waals surface area contributed by atoms with Crippen LogP contribution in [-0.2, 0) is 13.0 Å². The highest BCUT2D eigenvalue weighted by Crippen LogP contribution is 2.18. The molecule has 2 aromatic rings. The molecule has 0 aliphatic carbocycles. The van der Waals surface area contributed by atoms with Gasteiger partial charge in [0.05, 0.1) is 6.10 Å². The second-order valence-electron chi connectivity index (χ2n) is 5.85. The maximum absolute atomic E-state index is 11.9. The zero-order valence-corrected chi connectivity index (χ0v) is 15.0. The minimum absolute atomic E-state index is 0.185. The molecule has 0 bridgehead atoms. The van der Waals surface area contributed by atoms with E-state index in [4.69, 9.17) is 0 Å². The number of nitrogens with one attached hydrogen (secondary N) is 1. The minimum Gasteiger partial charge on any atom is -0.390 e. The van der Waals surface area contributed by atoms with Crippen LogP contribution in [0.1, 0.15) is 35.3 Å². The number of β-amino-alcohol motifs (C(OH)–C–C–N with tert-alkyl or cyclic N) is 1. The van der Waals surface area contributed by atoms with Crippen molar-refractivity contribution < 1.29 is 9.90 Å². The summed E-state index contributed by atoms with van der Waals surface area (Å²) in [6, 6.07) is 11.7. The Morgan fingerprint density at radius 1 is 1.20 bits per heavy atom. The van der Waals surface area contributed by atoms with E-state index in [0.717, 1.165) is 19.5 Å². The second-order valence-corrected chi connectivity index (χ2v) is 5.85. The van der Waals surface area contributed by atoms with Crippen LogP contribution >= 0.6 is 0 Å². The van der Waals surface area contributed by atoms with Crippen molar-refractivity contribution in [2.24, 2.45) is 0 Å². The molecule has 5 heteroatoms. The first-order chi connectivity index (χ1) is 12.2. The Kier molecular flexibility index (Phi) is 7.57. The van der Waals surface area contributed by atoms with Crippen molar-refractivity contribution in [1.82, 2.24) is 15.2 Å². The molecule has 134 valence electrons. The molecule has 5 nitrogen and oxygen atoms in total. The van der Waals surface area contributed by atoms with E-state index in [1.165, 1.54) is 11.1 Å². The van der Waals surface area contributed by atoms with Gasteiger partial charge < -0.3 is 10.4 Å². The average Bonchev–Trinajstić information content (AvgIpc) is 2.68. The van der Waals surface area contributed by atoms with Crippen LogP contribution in [-0.4, -0.2) is 46.6 Å². The molecule has 0 radical (unpaired) electrons. The van der Waals surface area contributed by atoms with Gasteiger partial charge in [0.2, 0.25) is 0 Å². The van der Waals surface area contributed by atoms with Crippen molar-refractivity contribution in [2.45, 2.75) is 32.9 Å². The van der Waals surface area contributed by atoms with Crippen molar-refractivity contribution in [3.63, 3.8) is 0 Å². The van der Waals surface area contributed by atoms with Crippen LogP contribution in [0.15, 0.2) is 48.8 Å². The monoisotopic (exact) mass is 341 g/mol. The van der Waals surface area contributed by atoms with E-state index < -0.39 is 6.10 Å². The van der Waals surface area contributed by atoms with Crippen LogP contribution in [0, 0.1) is 0 Å². The fourth-order valence-electron chi connectivity index (χ4n) is 2.89. The molecule has 1 atom stereocenters. The van der Waals surface area contributed by atoms with Crippen molar-refractivity contribution in [3.8, 4) is 0 Å². The Labute approximate surface area is 149 Å². The van der Waals surface area contributed by atoms with Crippen molar-refractivity contribution in [2.75, 3.05) is 19.6 Å². The molecular weight excluding hydrogens is 314 g/mol. The van der Waals surface area contributed by atoms with Gasteiger partial charge in [-0.3, -0.25) is 14.7 Å². The first-order valence-electron chi connectivity index (χ1n) is 8.88. The Bertz CT molecular complexity index is 661. The Hall–Kier alpha value is -2.24. The average molecular weight is 341 g/mol. The highest BCUT2D eigenvalue weighted by atomic mass is 16.3. The zero-order valence-electron chi connectivity index (χ0n) is 15.0. The molecule has 1 aliphatic heterocycles. The Morgan fingerprint density at radius 2 is 1.88 bits per heavy atom. The molecule has 1 aromatic heterocycles. The molecule has 1 amide bonds. The van der Waals surface area contributed by atoms with Crippen LogP contribution in [0.5, 0.6) is 0 Å². The highest BCUT2D eigenvalue weighted by Gasteiger charge is 2.18. The number of hydrogen-bond donors (Lipinski definition) is 2. The van der Waals surface area contributed by atoms with Crippen molar-refractivity contribution in [3.05, 3.63) is 65.5 Å². The third-order valence-electron chi connectivity index (χ3n) is 4.12. The number of carbonyl (C=O) groups is 1. The number of aliphatic hydroxyl groups is 1. The predicted octanol–water partition coefficient (Wildman–Crippen LogP) is 2.26. The summed E-state index contributed by atoms with van der Waals surface area (Å²) in [4.78, 5) is 18.1. The lowest BCUT2D eigenvalue weighted by molar-refractivity contribution is 0.0842. The lowest BCUT2D eigenvalue weighted by Gasteiger charge is -2.30. The summed E-state index contributed by atoms with van der Waals surface area (Å²) < 4.78 is 0. The third kappa shape index (κ3) is 5.66. The summed E-state index contributed by atoms with van der Waals surface area (Å²) in [6.45, 7) is 6.60. The molecule has 2 N–H and O–H groups in total. The van der Waals surface area contributed by atoms with Crippen molar-refractivity contribution in [1.29, 1.82) is 0 Å². The quantitative estimate of drug-likeness (QED) is 0.875. The summed E-state index contributed by atoms with van der Waals surface area (Å²) in [5.41, 5.74) is 3.27. The van der Waals surface area contributed by atoms with Gasteiger partial charge >= 0.3 is 0 Å². The maximum atomic E-state index is 11.9. The smallest absolute Gasteiger partial charge is 0.251 e. The summed E-state index contributed by atoms with van der Waals surface area (Å²) in [7, 11) is 0. The van der Waals surface area contributed by atoms with Crippen LogP contribution in [0.2, 0.25) is 0 Å². The SMILES string of the molecule is CC.O=C(NC[C@@H](O)CN1CCc2ccccc2C1)c1ccncc1. The number of aliphatic hydroxyl groups excluding tert-OH is 1. The van der Waals surface area contributed by atoms with Gasteiger partial charge in [-0.15, -0.1) is 0 Å². The fourth-order valence-corrected chi connectivity index (χ4v) is 2.89. The highest BCUT2D eigenvalue weighted by molar-refractivity contribution is 5.93. The van der Waals surface area contributed by atoms with E-state index >= 15 is 0 Å². The van der Waals surface area contributed by atoms with Gasteiger partial charge in [0.25, 0.3) is 5.91 Å². The van der Waals surface area contributed by atoms with Gasteiger partial charge in [-0.25, -0.2) is 0 Å². The summed E-state index contributed by atoms with van der Waals surface area (Å²) in [6.07, 6.45) is 3.59.